The standard InChI is InChI=1S/C35H42N4O5/c1-7-34(3,4)24-14-19-29(28(20-24)35(5,6)8-2)44-23-31(40)36-25-15-17-27(18-16-25)43-22-32(41)37-30-21-33(42)39(38-30)26-12-10-9-11-13-26/h9-20H,7-8,21-23H2,1-6H3,(H,36,40)(H,37,38,41). The molecular weight excluding hydrogens is 556 g/mol. The van der Waals surface area contributed by atoms with E-state index in [2.05, 4.69) is 69.4 Å². The van der Waals surface area contributed by atoms with E-state index in [0.717, 1.165) is 18.4 Å². The van der Waals surface area contributed by atoms with Crippen LogP contribution in [-0.4, -0.2) is 36.8 Å². The molecule has 1 aliphatic heterocycles. The summed E-state index contributed by atoms with van der Waals surface area (Å²) in [7, 11) is 0. The Morgan fingerprint density at radius 1 is 0.818 bits per heavy atom. The van der Waals surface area contributed by atoms with E-state index in [1.807, 2.05) is 24.3 Å². The fraction of sp³-hybridized carbons (Fsp3) is 0.371. The van der Waals surface area contributed by atoms with Gasteiger partial charge in [0.15, 0.2) is 13.2 Å². The molecule has 1 heterocycles. The lowest BCUT2D eigenvalue weighted by atomic mass is 9.76. The highest BCUT2D eigenvalue weighted by Gasteiger charge is 2.28. The molecule has 0 spiro atoms. The molecule has 0 bridgehead atoms. The highest BCUT2D eigenvalue weighted by molar-refractivity contribution is 6.15. The van der Waals surface area contributed by atoms with E-state index in [0.29, 0.717) is 22.9 Å². The van der Waals surface area contributed by atoms with Gasteiger partial charge >= 0.3 is 0 Å². The van der Waals surface area contributed by atoms with Crippen LogP contribution in [0.2, 0.25) is 0 Å². The molecule has 0 unspecified atom stereocenters. The summed E-state index contributed by atoms with van der Waals surface area (Å²) in [6.07, 6.45) is 1.95. The molecular formula is C35H42N4O5. The van der Waals surface area contributed by atoms with Gasteiger partial charge in [-0.25, -0.2) is 0 Å². The molecule has 9 heteroatoms. The largest absolute Gasteiger partial charge is 0.484 e. The Labute approximate surface area is 259 Å². The number of nitrogens with one attached hydrogen (secondary N) is 2. The summed E-state index contributed by atoms with van der Waals surface area (Å²) in [6.45, 7) is 12.8. The Morgan fingerprint density at radius 2 is 1.45 bits per heavy atom. The summed E-state index contributed by atoms with van der Waals surface area (Å²) < 4.78 is 11.6. The second-order valence-corrected chi connectivity index (χ2v) is 12.1. The zero-order valence-electron chi connectivity index (χ0n) is 26.4. The van der Waals surface area contributed by atoms with Crippen LogP contribution in [0.5, 0.6) is 11.5 Å². The van der Waals surface area contributed by atoms with E-state index < -0.39 is 5.91 Å². The molecule has 44 heavy (non-hydrogen) atoms. The molecule has 0 saturated heterocycles. The molecule has 3 aromatic carbocycles. The first-order valence-electron chi connectivity index (χ1n) is 15.0. The molecule has 9 nitrogen and oxygen atoms in total. The summed E-state index contributed by atoms with van der Waals surface area (Å²) in [5.74, 6) is 0.482. The topological polar surface area (TPSA) is 109 Å². The second kappa shape index (κ2) is 13.8. The number of anilines is 2. The third-order valence-corrected chi connectivity index (χ3v) is 8.18. The number of carbonyl (C=O) groups is 3. The summed E-state index contributed by atoms with van der Waals surface area (Å²) in [5.41, 5.74) is 3.49. The quantitative estimate of drug-likeness (QED) is 0.253. The molecule has 0 radical (unpaired) electrons. The van der Waals surface area contributed by atoms with E-state index >= 15 is 0 Å². The Balaban J connectivity index is 1.28. The van der Waals surface area contributed by atoms with Crippen LogP contribution in [0, 0.1) is 0 Å². The maximum atomic E-state index is 12.7. The number of amidine groups is 1. The average Bonchev–Trinajstić information content (AvgIpc) is 3.39. The molecule has 2 N–H and O–H groups in total. The van der Waals surface area contributed by atoms with Gasteiger partial charge < -0.3 is 20.1 Å². The van der Waals surface area contributed by atoms with Crippen molar-refractivity contribution in [2.24, 2.45) is 5.10 Å². The van der Waals surface area contributed by atoms with Crippen molar-refractivity contribution in [1.29, 1.82) is 0 Å². The zero-order chi connectivity index (χ0) is 31.9. The van der Waals surface area contributed by atoms with Crippen molar-refractivity contribution in [3.63, 3.8) is 0 Å². The van der Waals surface area contributed by atoms with Crippen molar-refractivity contribution in [3.8, 4) is 11.5 Å². The third-order valence-electron chi connectivity index (χ3n) is 8.18. The molecule has 3 aromatic rings. The molecule has 0 saturated carbocycles. The molecule has 3 amide bonds. The lowest BCUT2D eigenvalue weighted by molar-refractivity contribution is -0.121. The minimum Gasteiger partial charge on any atom is -0.484 e. The van der Waals surface area contributed by atoms with Crippen molar-refractivity contribution >= 4 is 34.9 Å². The maximum absolute atomic E-state index is 12.7. The van der Waals surface area contributed by atoms with Gasteiger partial charge in [-0.2, -0.15) is 10.1 Å². The van der Waals surface area contributed by atoms with E-state index in [1.54, 1.807) is 36.4 Å². The highest BCUT2D eigenvalue weighted by Crippen LogP contribution is 2.38. The summed E-state index contributed by atoms with van der Waals surface area (Å²) in [4.78, 5) is 37.4. The minimum atomic E-state index is -0.433. The van der Waals surface area contributed by atoms with Crippen molar-refractivity contribution in [2.45, 2.75) is 71.6 Å². The van der Waals surface area contributed by atoms with Gasteiger partial charge in [-0.1, -0.05) is 71.9 Å². The van der Waals surface area contributed by atoms with E-state index in [1.165, 1.54) is 10.6 Å². The van der Waals surface area contributed by atoms with Crippen LogP contribution in [0.15, 0.2) is 77.9 Å². The molecule has 0 fully saturated rings. The second-order valence-electron chi connectivity index (χ2n) is 12.1. The van der Waals surface area contributed by atoms with Gasteiger partial charge in [0.25, 0.3) is 17.7 Å². The first kappa shape index (κ1) is 32.3. The molecule has 1 aliphatic rings. The number of hydrogen-bond acceptors (Lipinski definition) is 6. The third kappa shape index (κ3) is 8.03. The maximum Gasteiger partial charge on any atom is 0.263 e. The van der Waals surface area contributed by atoms with E-state index in [4.69, 9.17) is 9.47 Å². The normalized spacial score (nSPS) is 13.4. The predicted octanol–water partition coefficient (Wildman–Crippen LogP) is 6.32. The number of benzene rings is 3. The van der Waals surface area contributed by atoms with Gasteiger partial charge in [-0.05, 0) is 71.7 Å². The van der Waals surface area contributed by atoms with Gasteiger partial charge in [0.2, 0.25) is 0 Å². The number of ether oxygens (including phenoxy) is 2. The van der Waals surface area contributed by atoms with E-state index in [-0.39, 0.29) is 48.1 Å². The molecule has 0 aliphatic carbocycles. The van der Waals surface area contributed by atoms with Crippen molar-refractivity contribution in [3.05, 3.63) is 83.9 Å². The number of amides is 3. The Bertz CT molecular complexity index is 1510. The fourth-order valence-electron chi connectivity index (χ4n) is 4.59. The lowest BCUT2D eigenvalue weighted by Crippen LogP contribution is -2.33. The first-order chi connectivity index (χ1) is 20.9. The molecule has 232 valence electrons. The summed E-state index contributed by atoms with van der Waals surface area (Å²) >= 11 is 0. The number of nitrogens with zero attached hydrogens (tertiary/aromatic N) is 2. The Hall–Kier alpha value is -4.66. The van der Waals surface area contributed by atoms with Crippen LogP contribution >= 0.6 is 0 Å². The Kier molecular flexibility index (Phi) is 10.1. The van der Waals surface area contributed by atoms with Crippen LogP contribution in [0.1, 0.15) is 71.9 Å². The Morgan fingerprint density at radius 3 is 2.11 bits per heavy atom. The van der Waals surface area contributed by atoms with Gasteiger partial charge in [-0.15, -0.1) is 0 Å². The number of carbonyl (C=O) groups excluding carboxylic acids is 3. The molecule has 4 rings (SSSR count). The van der Waals surface area contributed by atoms with Crippen LogP contribution < -0.4 is 25.1 Å². The van der Waals surface area contributed by atoms with Crippen LogP contribution in [-0.2, 0) is 25.2 Å². The van der Waals surface area contributed by atoms with E-state index in [9.17, 15) is 14.4 Å². The van der Waals surface area contributed by atoms with Crippen molar-refractivity contribution < 1.29 is 23.9 Å². The number of hydrogen-bond donors (Lipinski definition) is 2. The molecule has 0 atom stereocenters. The minimum absolute atomic E-state index is 0.00122. The van der Waals surface area contributed by atoms with Crippen LogP contribution in [0.4, 0.5) is 11.4 Å². The van der Waals surface area contributed by atoms with Gasteiger partial charge in [0, 0.05) is 11.3 Å². The fourth-order valence-corrected chi connectivity index (χ4v) is 4.59. The summed E-state index contributed by atoms with van der Waals surface area (Å²) in [5, 5.41) is 10.9. The predicted molar refractivity (Wildman–Crippen MR) is 173 cm³/mol. The number of hydrazone groups is 1. The molecule has 0 aromatic heterocycles. The first-order valence-corrected chi connectivity index (χ1v) is 15.0. The number of para-hydroxylation sites is 1. The van der Waals surface area contributed by atoms with Crippen LogP contribution in [0.3, 0.4) is 0 Å². The zero-order valence-corrected chi connectivity index (χ0v) is 26.4. The van der Waals surface area contributed by atoms with Gasteiger partial charge in [-0.3, -0.25) is 14.4 Å². The van der Waals surface area contributed by atoms with Crippen molar-refractivity contribution in [1.82, 2.24) is 5.32 Å². The van der Waals surface area contributed by atoms with Gasteiger partial charge in [0.1, 0.15) is 17.3 Å². The monoisotopic (exact) mass is 598 g/mol. The lowest BCUT2D eigenvalue weighted by Gasteiger charge is -2.30. The SMILES string of the molecule is CCC(C)(C)c1ccc(OCC(=O)Nc2ccc(OCC(=O)NC3=NN(c4ccccc4)C(=O)C3)cc2)c(C(C)(C)CC)c1. The van der Waals surface area contributed by atoms with Crippen LogP contribution in [0.25, 0.3) is 0 Å². The summed E-state index contributed by atoms with van der Waals surface area (Å²) in [6, 6.07) is 22.0. The highest BCUT2D eigenvalue weighted by atomic mass is 16.5. The average molecular weight is 599 g/mol. The smallest absolute Gasteiger partial charge is 0.263 e. The van der Waals surface area contributed by atoms with Gasteiger partial charge in [0.05, 0.1) is 12.1 Å². The van der Waals surface area contributed by atoms with Crippen molar-refractivity contribution in [2.75, 3.05) is 23.5 Å². The number of rotatable bonds is 12.